The van der Waals surface area contributed by atoms with Crippen molar-refractivity contribution < 1.29 is 14.3 Å². The molecule has 0 saturated carbocycles. The highest BCUT2D eigenvalue weighted by Crippen LogP contribution is 2.30. The third kappa shape index (κ3) is 2.73. The molecule has 0 N–H and O–H groups in total. The van der Waals surface area contributed by atoms with E-state index in [1.807, 2.05) is 30.3 Å². The SMILES string of the molecule is COC(=O)C(c1ccccc1)n1cc(C=O)c2cc(Cl)ccc21. The average molecular weight is 328 g/mol. The summed E-state index contributed by atoms with van der Waals surface area (Å²) in [4.78, 5) is 23.7. The predicted molar refractivity (Wildman–Crippen MR) is 88.9 cm³/mol. The number of halogens is 1. The lowest BCUT2D eigenvalue weighted by Gasteiger charge is -2.18. The van der Waals surface area contributed by atoms with Gasteiger partial charge in [0, 0.05) is 27.7 Å². The first-order valence-electron chi connectivity index (χ1n) is 7.03. The Bertz CT molecular complexity index is 871. The molecule has 0 spiro atoms. The third-order valence-corrected chi connectivity index (χ3v) is 4.01. The maximum atomic E-state index is 12.4. The second kappa shape index (κ2) is 6.26. The van der Waals surface area contributed by atoms with Gasteiger partial charge in [-0.2, -0.15) is 0 Å². The van der Waals surface area contributed by atoms with Crippen molar-refractivity contribution in [1.29, 1.82) is 0 Å². The Morgan fingerprint density at radius 1 is 1.22 bits per heavy atom. The highest BCUT2D eigenvalue weighted by atomic mass is 35.5. The zero-order chi connectivity index (χ0) is 16.4. The molecule has 0 radical (unpaired) electrons. The number of nitrogens with zero attached hydrogens (tertiary/aromatic N) is 1. The average Bonchev–Trinajstić information content (AvgIpc) is 2.93. The summed E-state index contributed by atoms with van der Waals surface area (Å²) < 4.78 is 6.71. The molecule has 23 heavy (non-hydrogen) atoms. The van der Waals surface area contributed by atoms with Gasteiger partial charge in [0.2, 0.25) is 0 Å². The van der Waals surface area contributed by atoms with Crippen LogP contribution in [-0.4, -0.2) is 23.9 Å². The first kappa shape index (κ1) is 15.3. The Kier molecular flexibility index (Phi) is 4.17. The fourth-order valence-corrected chi connectivity index (χ4v) is 2.89. The van der Waals surface area contributed by atoms with Crippen LogP contribution in [-0.2, 0) is 9.53 Å². The van der Waals surface area contributed by atoms with Crippen molar-refractivity contribution >= 4 is 34.8 Å². The van der Waals surface area contributed by atoms with Crippen molar-refractivity contribution in [2.45, 2.75) is 6.04 Å². The van der Waals surface area contributed by atoms with Gasteiger partial charge in [0.1, 0.15) is 0 Å². The van der Waals surface area contributed by atoms with Gasteiger partial charge in [-0.25, -0.2) is 4.79 Å². The highest BCUT2D eigenvalue weighted by molar-refractivity contribution is 6.31. The number of carbonyl (C=O) groups excluding carboxylic acids is 2. The van der Waals surface area contributed by atoms with E-state index in [1.165, 1.54) is 7.11 Å². The fraction of sp³-hybridized carbons (Fsp3) is 0.111. The van der Waals surface area contributed by atoms with Crippen LogP contribution in [0.25, 0.3) is 10.9 Å². The number of carbonyl (C=O) groups is 2. The minimum atomic E-state index is -0.668. The summed E-state index contributed by atoms with van der Waals surface area (Å²) in [6, 6.07) is 13.9. The molecule has 1 heterocycles. The molecular weight excluding hydrogens is 314 g/mol. The Balaban J connectivity index is 2.27. The summed E-state index contributed by atoms with van der Waals surface area (Å²) in [7, 11) is 1.35. The van der Waals surface area contributed by atoms with Crippen LogP contribution < -0.4 is 0 Å². The van der Waals surface area contributed by atoms with Crippen molar-refractivity contribution in [1.82, 2.24) is 4.57 Å². The molecule has 1 aromatic heterocycles. The lowest BCUT2D eigenvalue weighted by atomic mass is 10.1. The second-order valence-corrected chi connectivity index (χ2v) is 5.54. The fourth-order valence-electron chi connectivity index (χ4n) is 2.72. The maximum absolute atomic E-state index is 12.4. The molecule has 0 amide bonds. The standard InChI is InChI=1S/C18H14ClNO3/c1-23-18(22)17(12-5-3-2-4-6-12)20-10-13(11-21)15-9-14(19)7-8-16(15)20/h2-11,17H,1H3. The lowest BCUT2D eigenvalue weighted by Crippen LogP contribution is -2.21. The van der Waals surface area contributed by atoms with E-state index in [1.54, 1.807) is 29.0 Å². The van der Waals surface area contributed by atoms with Crippen LogP contribution in [0.1, 0.15) is 22.0 Å². The summed E-state index contributed by atoms with van der Waals surface area (Å²) in [5.74, 6) is -0.402. The number of ether oxygens (including phenoxy) is 1. The molecule has 116 valence electrons. The molecule has 5 heteroatoms. The summed E-state index contributed by atoms with van der Waals surface area (Å²) in [6.07, 6.45) is 2.41. The van der Waals surface area contributed by atoms with Crippen LogP contribution in [0.4, 0.5) is 0 Å². The van der Waals surface area contributed by atoms with E-state index in [4.69, 9.17) is 16.3 Å². The number of aromatic nitrogens is 1. The first-order chi connectivity index (χ1) is 11.2. The van der Waals surface area contributed by atoms with Crippen molar-refractivity contribution in [2.24, 2.45) is 0 Å². The van der Waals surface area contributed by atoms with Gasteiger partial charge in [-0.05, 0) is 23.8 Å². The summed E-state index contributed by atoms with van der Waals surface area (Å²) in [6.45, 7) is 0. The predicted octanol–water partition coefficient (Wildman–Crippen LogP) is 3.87. The Morgan fingerprint density at radius 3 is 2.61 bits per heavy atom. The first-order valence-corrected chi connectivity index (χ1v) is 7.41. The largest absolute Gasteiger partial charge is 0.467 e. The van der Waals surface area contributed by atoms with Crippen LogP contribution in [0.15, 0.2) is 54.7 Å². The van der Waals surface area contributed by atoms with E-state index in [-0.39, 0.29) is 0 Å². The van der Waals surface area contributed by atoms with Gasteiger partial charge in [-0.15, -0.1) is 0 Å². The molecule has 4 nitrogen and oxygen atoms in total. The number of hydrogen-bond donors (Lipinski definition) is 0. The number of fused-ring (bicyclic) bond motifs is 1. The molecule has 1 atom stereocenters. The number of aldehydes is 1. The second-order valence-electron chi connectivity index (χ2n) is 5.11. The van der Waals surface area contributed by atoms with E-state index in [0.717, 1.165) is 17.4 Å². The molecule has 3 rings (SSSR count). The smallest absolute Gasteiger partial charge is 0.333 e. The van der Waals surface area contributed by atoms with Gasteiger partial charge in [-0.3, -0.25) is 4.79 Å². The Labute approximate surface area is 138 Å². The molecule has 0 aliphatic carbocycles. The van der Waals surface area contributed by atoms with Crippen molar-refractivity contribution in [3.05, 3.63) is 70.9 Å². The number of rotatable bonds is 4. The van der Waals surface area contributed by atoms with E-state index >= 15 is 0 Å². The van der Waals surface area contributed by atoms with Crippen molar-refractivity contribution in [3.63, 3.8) is 0 Å². The molecule has 0 aliphatic heterocycles. The number of methoxy groups -OCH3 is 1. The Morgan fingerprint density at radius 2 is 1.96 bits per heavy atom. The van der Waals surface area contributed by atoms with E-state index in [2.05, 4.69) is 0 Å². The third-order valence-electron chi connectivity index (χ3n) is 3.77. The zero-order valence-corrected chi connectivity index (χ0v) is 13.2. The lowest BCUT2D eigenvalue weighted by molar-refractivity contribution is -0.143. The van der Waals surface area contributed by atoms with E-state index < -0.39 is 12.0 Å². The molecular formula is C18H14ClNO3. The van der Waals surface area contributed by atoms with Gasteiger partial charge < -0.3 is 9.30 Å². The molecule has 0 aliphatic rings. The van der Waals surface area contributed by atoms with Crippen LogP contribution in [0.2, 0.25) is 5.02 Å². The van der Waals surface area contributed by atoms with Crippen LogP contribution in [0, 0.1) is 0 Å². The van der Waals surface area contributed by atoms with Crippen molar-refractivity contribution in [3.8, 4) is 0 Å². The van der Waals surface area contributed by atoms with E-state index in [0.29, 0.717) is 16.0 Å². The highest BCUT2D eigenvalue weighted by Gasteiger charge is 2.25. The molecule has 0 bridgehead atoms. The Hall–Kier alpha value is -2.59. The monoisotopic (exact) mass is 327 g/mol. The summed E-state index contributed by atoms with van der Waals surface area (Å²) >= 11 is 6.03. The molecule has 3 aromatic rings. The van der Waals surface area contributed by atoms with Gasteiger partial charge in [0.05, 0.1) is 7.11 Å². The molecule has 0 fully saturated rings. The van der Waals surface area contributed by atoms with Crippen LogP contribution in [0.3, 0.4) is 0 Å². The normalized spacial score (nSPS) is 12.1. The van der Waals surface area contributed by atoms with Crippen molar-refractivity contribution in [2.75, 3.05) is 7.11 Å². The number of hydrogen-bond acceptors (Lipinski definition) is 3. The van der Waals surface area contributed by atoms with Crippen LogP contribution >= 0.6 is 11.6 Å². The van der Waals surface area contributed by atoms with Gasteiger partial charge in [-0.1, -0.05) is 41.9 Å². The quantitative estimate of drug-likeness (QED) is 0.540. The molecule has 2 aromatic carbocycles. The van der Waals surface area contributed by atoms with Gasteiger partial charge in [0.25, 0.3) is 0 Å². The maximum Gasteiger partial charge on any atom is 0.333 e. The molecule has 1 unspecified atom stereocenters. The molecule has 0 saturated heterocycles. The summed E-state index contributed by atoms with van der Waals surface area (Å²) in [5.41, 5.74) is 2.01. The summed E-state index contributed by atoms with van der Waals surface area (Å²) in [5, 5.41) is 1.24. The zero-order valence-electron chi connectivity index (χ0n) is 12.4. The number of esters is 1. The van der Waals surface area contributed by atoms with E-state index in [9.17, 15) is 9.59 Å². The van der Waals surface area contributed by atoms with Gasteiger partial charge in [0.15, 0.2) is 12.3 Å². The number of benzene rings is 2. The topological polar surface area (TPSA) is 48.3 Å². The minimum absolute atomic E-state index is 0.402. The minimum Gasteiger partial charge on any atom is -0.467 e. The van der Waals surface area contributed by atoms with Gasteiger partial charge >= 0.3 is 5.97 Å². The van der Waals surface area contributed by atoms with Crippen LogP contribution in [0.5, 0.6) is 0 Å².